The Morgan fingerprint density at radius 1 is 0.370 bits per heavy atom. The Morgan fingerprint density at radius 3 is 1.63 bits per heavy atom. The predicted molar refractivity (Wildman–Crippen MR) is 310 cm³/mol. The van der Waals surface area contributed by atoms with Crippen molar-refractivity contribution in [2.75, 3.05) is 19.6 Å². The van der Waals surface area contributed by atoms with Crippen LogP contribution in [0.2, 0.25) is 0 Å². The summed E-state index contributed by atoms with van der Waals surface area (Å²) in [5.41, 5.74) is 27.8. The minimum Gasteiger partial charge on any atom is -0.456 e. The van der Waals surface area contributed by atoms with E-state index in [2.05, 4.69) is 274 Å². The number of aryl methyl sites for hydroxylation is 6. The number of benzene rings is 10. The molecule has 0 unspecified atom stereocenters. The first-order valence-electron chi connectivity index (χ1n) is 25.5. The van der Waals surface area contributed by atoms with Crippen LogP contribution < -0.4 is 36.0 Å². The molecule has 3 heterocycles. The molecule has 0 N–H and O–H groups in total. The van der Waals surface area contributed by atoms with Gasteiger partial charge in [-0.1, -0.05) is 121 Å². The van der Waals surface area contributed by atoms with Gasteiger partial charge in [-0.25, -0.2) is 0 Å². The van der Waals surface area contributed by atoms with E-state index in [1.807, 2.05) is 0 Å². The van der Waals surface area contributed by atoms with Crippen molar-refractivity contribution in [1.82, 2.24) is 0 Å². The molecule has 0 fully saturated rings. The van der Waals surface area contributed by atoms with E-state index in [9.17, 15) is 0 Å². The fourth-order valence-electron chi connectivity index (χ4n) is 12.2. The number of hydrogen-bond donors (Lipinski definition) is 0. The average molecular weight is 943 g/mol. The van der Waals surface area contributed by atoms with Gasteiger partial charge in [0.15, 0.2) is 0 Å². The molecule has 1 aromatic heterocycles. The van der Waals surface area contributed by atoms with E-state index in [0.717, 1.165) is 61.6 Å². The van der Waals surface area contributed by atoms with Gasteiger partial charge in [-0.2, -0.15) is 0 Å². The zero-order valence-corrected chi connectivity index (χ0v) is 42.4. The molecule has 0 spiro atoms. The van der Waals surface area contributed by atoms with Crippen LogP contribution in [0.5, 0.6) is 0 Å². The highest BCUT2D eigenvalue weighted by molar-refractivity contribution is 7.00. The lowest BCUT2D eigenvalue weighted by atomic mass is 9.33. The topological polar surface area (TPSA) is 26.1 Å². The summed E-state index contributed by atoms with van der Waals surface area (Å²) in [4.78, 5) is 9.91. The number of para-hydroxylation sites is 6. The van der Waals surface area contributed by atoms with E-state index < -0.39 is 0 Å². The standard InChI is InChI=1S/C67H55BN4O/c1-42-22-14-16-32-55(42)69(49-27-10-8-11-28-49)56-34-20-35-57(48(56)7)71(66-43(2)23-18-24-44(66)3)61-39-51-52-40-62-54(41-64(52)73-63(51)38-47(61)6)68-53-31-15-17-33-58(53)70(50-29-12-9-13-30-50)59-36-21-37-60(65(59)68)72(62)67-45(4)25-19-26-46(67)5/h8-41H,1-7H3. The van der Waals surface area contributed by atoms with Gasteiger partial charge in [-0.05, 0) is 189 Å². The summed E-state index contributed by atoms with van der Waals surface area (Å²) in [6, 6.07) is 75.6. The van der Waals surface area contributed by atoms with Gasteiger partial charge in [0, 0.05) is 56.3 Å². The van der Waals surface area contributed by atoms with Crippen LogP contribution in [0.3, 0.4) is 0 Å². The third-order valence-electron chi connectivity index (χ3n) is 15.5. The van der Waals surface area contributed by atoms with Crippen LogP contribution in [-0.4, -0.2) is 6.71 Å². The predicted octanol–water partition coefficient (Wildman–Crippen LogP) is 16.8. The fourth-order valence-corrected chi connectivity index (χ4v) is 12.2. The number of nitrogens with zero attached hydrogens (tertiary/aromatic N) is 4. The molecular formula is C67H55BN4O. The van der Waals surface area contributed by atoms with Gasteiger partial charge in [-0.3, -0.25) is 0 Å². The maximum Gasteiger partial charge on any atom is 0.252 e. The second-order valence-corrected chi connectivity index (χ2v) is 20.0. The van der Waals surface area contributed by atoms with Crippen molar-refractivity contribution in [1.29, 1.82) is 0 Å². The van der Waals surface area contributed by atoms with E-state index in [-0.39, 0.29) is 6.71 Å². The highest BCUT2D eigenvalue weighted by Crippen LogP contribution is 2.50. The molecule has 0 saturated carbocycles. The van der Waals surface area contributed by atoms with Crippen molar-refractivity contribution in [2.45, 2.75) is 48.5 Å². The summed E-state index contributed by atoms with van der Waals surface area (Å²) in [6.45, 7) is 15.6. The molecule has 6 heteroatoms. The maximum atomic E-state index is 7.12. The van der Waals surface area contributed by atoms with E-state index >= 15 is 0 Å². The second-order valence-electron chi connectivity index (χ2n) is 20.0. The number of fused-ring (bicyclic) bond motifs is 7. The van der Waals surface area contributed by atoms with Crippen molar-refractivity contribution in [3.05, 3.63) is 245 Å². The summed E-state index contributed by atoms with van der Waals surface area (Å²) in [5.74, 6) is 0. The van der Waals surface area contributed by atoms with Gasteiger partial charge in [0.1, 0.15) is 11.2 Å². The molecule has 0 aliphatic carbocycles. The minimum absolute atomic E-state index is 0.0299. The van der Waals surface area contributed by atoms with Crippen molar-refractivity contribution < 1.29 is 4.42 Å². The minimum atomic E-state index is -0.0299. The number of anilines is 12. The highest BCUT2D eigenvalue weighted by atomic mass is 16.3. The monoisotopic (exact) mass is 942 g/mol. The highest BCUT2D eigenvalue weighted by Gasteiger charge is 2.44. The maximum absolute atomic E-state index is 7.12. The molecule has 2 aliphatic rings. The Kier molecular flexibility index (Phi) is 10.4. The zero-order valence-electron chi connectivity index (χ0n) is 42.4. The third kappa shape index (κ3) is 6.92. The summed E-state index contributed by atoms with van der Waals surface area (Å²) in [7, 11) is 0. The van der Waals surface area contributed by atoms with Crippen LogP contribution in [0.15, 0.2) is 211 Å². The quantitative estimate of drug-likeness (QED) is 0.141. The number of hydrogen-bond acceptors (Lipinski definition) is 5. The molecule has 2 aliphatic heterocycles. The summed E-state index contributed by atoms with van der Waals surface area (Å²) >= 11 is 0. The van der Waals surface area contributed by atoms with Crippen molar-refractivity contribution in [3.8, 4) is 0 Å². The van der Waals surface area contributed by atoms with Crippen LogP contribution in [0.25, 0.3) is 21.9 Å². The van der Waals surface area contributed by atoms with Gasteiger partial charge in [0.2, 0.25) is 0 Å². The Labute approximate surface area is 428 Å². The van der Waals surface area contributed by atoms with Gasteiger partial charge >= 0.3 is 0 Å². The zero-order chi connectivity index (χ0) is 49.6. The molecule has 10 aromatic carbocycles. The largest absolute Gasteiger partial charge is 0.456 e. The summed E-state index contributed by atoms with van der Waals surface area (Å²) in [5, 5.41) is 2.16. The molecule has 0 atom stereocenters. The molecule has 0 radical (unpaired) electrons. The van der Waals surface area contributed by atoms with E-state index in [1.54, 1.807) is 0 Å². The molecular weight excluding hydrogens is 888 g/mol. The molecule has 73 heavy (non-hydrogen) atoms. The van der Waals surface area contributed by atoms with Crippen molar-refractivity contribution >= 4 is 113 Å². The van der Waals surface area contributed by atoms with Crippen LogP contribution in [-0.2, 0) is 0 Å². The number of furan rings is 1. The van der Waals surface area contributed by atoms with Crippen molar-refractivity contribution in [3.63, 3.8) is 0 Å². The van der Waals surface area contributed by atoms with Gasteiger partial charge in [-0.15, -0.1) is 0 Å². The van der Waals surface area contributed by atoms with E-state index in [0.29, 0.717) is 0 Å². The lowest BCUT2D eigenvalue weighted by Crippen LogP contribution is -2.61. The molecule has 0 amide bonds. The molecule has 352 valence electrons. The van der Waals surface area contributed by atoms with Gasteiger partial charge < -0.3 is 24.0 Å². The number of rotatable bonds is 8. The molecule has 0 saturated heterocycles. The average Bonchev–Trinajstić information content (AvgIpc) is 3.75. The van der Waals surface area contributed by atoms with Crippen LogP contribution >= 0.6 is 0 Å². The Morgan fingerprint density at radius 2 is 0.904 bits per heavy atom. The molecule has 5 nitrogen and oxygen atoms in total. The normalized spacial score (nSPS) is 12.5. The summed E-state index contributed by atoms with van der Waals surface area (Å²) < 4.78 is 7.12. The first kappa shape index (κ1) is 44.2. The first-order valence-corrected chi connectivity index (χ1v) is 25.5. The SMILES string of the molecule is Cc1ccccc1N(c1ccccc1)c1cccc(N(c2cc3c(cc2C)oc2cc4c(cc23)N(c2c(C)cccc2C)c2cccc3c2B4c2ccccc2N3c2ccccc2)c2c(C)cccc2C)c1C. The molecule has 13 rings (SSSR count). The van der Waals surface area contributed by atoms with Crippen LogP contribution in [0.4, 0.5) is 68.2 Å². The van der Waals surface area contributed by atoms with Gasteiger partial charge in [0.25, 0.3) is 6.71 Å². The van der Waals surface area contributed by atoms with E-state index in [4.69, 9.17) is 4.42 Å². The Bertz CT molecular complexity index is 3950. The fraction of sp³-hybridized carbons (Fsp3) is 0.104. The van der Waals surface area contributed by atoms with Crippen molar-refractivity contribution in [2.24, 2.45) is 0 Å². The van der Waals surface area contributed by atoms with Crippen LogP contribution in [0, 0.1) is 48.5 Å². The Balaban J connectivity index is 1.06. The Hall–Kier alpha value is -8.74. The smallest absolute Gasteiger partial charge is 0.252 e. The molecule has 0 bridgehead atoms. The van der Waals surface area contributed by atoms with Gasteiger partial charge in [0.05, 0.1) is 22.7 Å². The lowest BCUT2D eigenvalue weighted by Gasteiger charge is -2.44. The van der Waals surface area contributed by atoms with E-state index in [1.165, 1.54) is 83.9 Å². The lowest BCUT2D eigenvalue weighted by molar-refractivity contribution is 0.669. The molecule has 11 aromatic rings. The second kappa shape index (κ2) is 17.2. The third-order valence-corrected chi connectivity index (χ3v) is 15.5. The summed E-state index contributed by atoms with van der Waals surface area (Å²) in [6.07, 6.45) is 0. The first-order chi connectivity index (χ1) is 35.7. The van der Waals surface area contributed by atoms with Crippen LogP contribution in [0.1, 0.15) is 38.9 Å².